The standard InChI is InChI=1S/C10H8O21S7/c11-32(12,13)3-1-2-4(7(35(20,21)22)6(3)34(17,18)19)8(36(23,24)25)10(38(29,30)31)9(37(26,27)28)5(2)33(14,15)16/h1H,(H,11,12,13)(H,14,15,16)(H,17,18,19)(H,20,21,22)(H,23,24,25)(H,26,27,28)(H,29,30,31). The van der Waals surface area contributed by atoms with Crippen molar-refractivity contribution in [2.45, 2.75) is 34.3 Å². The molecule has 38 heavy (non-hydrogen) atoms. The molecule has 0 radical (unpaired) electrons. The van der Waals surface area contributed by atoms with Crippen LogP contribution < -0.4 is 0 Å². The van der Waals surface area contributed by atoms with Gasteiger partial charge >= 0.3 is 0 Å². The molecule has 0 bridgehead atoms. The van der Waals surface area contributed by atoms with Crippen molar-refractivity contribution in [3.8, 4) is 0 Å². The molecule has 0 saturated heterocycles. The Morgan fingerprint density at radius 1 is 0.342 bits per heavy atom. The van der Waals surface area contributed by atoms with Crippen LogP contribution in [-0.2, 0) is 70.8 Å². The van der Waals surface area contributed by atoms with E-state index >= 15 is 0 Å². The molecular weight excluding hydrogens is 681 g/mol. The van der Waals surface area contributed by atoms with Gasteiger partial charge in [0.25, 0.3) is 70.8 Å². The number of hydrogen-bond donors (Lipinski definition) is 7. The summed E-state index contributed by atoms with van der Waals surface area (Å²) < 4.78 is 234. The van der Waals surface area contributed by atoms with Crippen LogP contribution in [0.1, 0.15) is 0 Å². The molecule has 216 valence electrons. The fourth-order valence-electron chi connectivity index (χ4n) is 3.12. The third kappa shape index (κ3) is 5.81. The molecule has 2 rings (SSSR count). The van der Waals surface area contributed by atoms with Gasteiger partial charge in [0.2, 0.25) is 0 Å². The first-order chi connectivity index (χ1) is 16.3. The Morgan fingerprint density at radius 2 is 0.605 bits per heavy atom. The fraction of sp³-hybridized carbons (Fsp3) is 0. The molecule has 0 aliphatic heterocycles. The van der Waals surface area contributed by atoms with Crippen molar-refractivity contribution < 1.29 is 90.8 Å². The van der Waals surface area contributed by atoms with Gasteiger partial charge < -0.3 is 0 Å². The highest BCUT2D eigenvalue weighted by Crippen LogP contribution is 2.46. The largest absolute Gasteiger partial charge is 0.297 e. The van der Waals surface area contributed by atoms with Gasteiger partial charge in [0.05, 0.1) is 0 Å². The van der Waals surface area contributed by atoms with Crippen molar-refractivity contribution in [1.29, 1.82) is 0 Å². The molecule has 2 aromatic rings. The average Bonchev–Trinajstić information content (AvgIpc) is 2.58. The zero-order valence-corrected chi connectivity index (χ0v) is 22.5. The van der Waals surface area contributed by atoms with Crippen molar-refractivity contribution in [1.82, 2.24) is 0 Å². The van der Waals surface area contributed by atoms with Gasteiger partial charge in [-0.1, -0.05) is 0 Å². The van der Waals surface area contributed by atoms with E-state index in [2.05, 4.69) is 0 Å². The molecule has 0 spiro atoms. The van der Waals surface area contributed by atoms with E-state index in [0.29, 0.717) is 0 Å². The Balaban J connectivity index is 4.14. The third-order valence-corrected chi connectivity index (χ3v) is 11.2. The fourth-order valence-corrected chi connectivity index (χ4v) is 11.5. The lowest BCUT2D eigenvalue weighted by Crippen LogP contribution is -2.22. The van der Waals surface area contributed by atoms with E-state index in [9.17, 15) is 90.8 Å². The van der Waals surface area contributed by atoms with E-state index in [1.807, 2.05) is 0 Å². The van der Waals surface area contributed by atoms with Gasteiger partial charge in [-0.2, -0.15) is 58.9 Å². The lowest BCUT2D eigenvalue weighted by molar-refractivity contribution is 0.447. The summed E-state index contributed by atoms with van der Waals surface area (Å²) in [6.45, 7) is 0. The molecule has 0 aromatic heterocycles. The molecule has 0 atom stereocenters. The summed E-state index contributed by atoms with van der Waals surface area (Å²) in [7, 11) is -45.8. The van der Waals surface area contributed by atoms with E-state index in [-0.39, 0.29) is 0 Å². The molecule has 7 N–H and O–H groups in total. The monoisotopic (exact) mass is 688 g/mol. The first-order valence-electron chi connectivity index (χ1n) is 7.87. The van der Waals surface area contributed by atoms with Crippen LogP contribution in [-0.4, -0.2) is 90.8 Å². The van der Waals surface area contributed by atoms with Crippen molar-refractivity contribution >= 4 is 81.6 Å². The minimum atomic E-state index is -6.66. The molecule has 0 aliphatic rings. The molecule has 28 heteroatoms. The van der Waals surface area contributed by atoms with Gasteiger partial charge in [0, 0.05) is 10.8 Å². The number of fused-ring (bicyclic) bond motifs is 1. The third-order valence-electron chi connectivity index (χ3n) is 4.12. The van der Waals surface area contributed by atoms with Crippen LogP contribution in [0, 0.1) is 0 Å². The Morgan fingerprint density at radius 3 is 0.868 bits per heavy atom. The molecule has 2 aromatic carbocycles. The molecular formula is C10H8O21S7. The van der Waals surface area contributed by atoms with Gasteiger partial charge in [-0.25, -0.2) is 0 Å². The smallest absolute Gasteiger partial charge is 0.282 e. The highest BCUT2D eigenvalue weighted by molar-refractivity contribution is 7.92. The molecule has 0 unspecified atom stereocenters. The van der Waals surface area contributed by atoms with Crippen LogP contribution in [0.2, 0.25) is 0 Å². The Hall–Kier alpha value is -1.93. The van der Waals surface area contributed by atoms with Crippen LogP contribution in [0.25, 0.3) is 10.8 Å². The van der Waals surface area contributed by atoms with Crippen LogP contribution in [0.15, 0.2) is 40.3 Å². The highest BCUT2D eigenvalue weighted by Gasteiger charge is 2.45. The quantitative estimate of drug-likeness (QED) is 0.149. The SMILES string of the molecule is O=S(=O)(O)c1cc2c(S(=O)(=O)O)c(S(=O)(=O)O)c(S(=O)(=O)O)c(S(=O)(=O)O)c2c(S(=O)(=O)O)c1S(=O)(=O)O. The topological polar surface area (TPSA) is 381 Å². The van der Waals surface area contributed by atoms with Crippen molar-refractivity contribution in [2.75, 3.05) is 0 Å². The van der Waals surface area contributed by atoms with E-state index in [0.717, 1.165) is 0 Å². The maximum Gasteiger partial charge on any atom is 0.297 e. The second-order valence-corrected chi connectivity index (χ2v) is 16.1. The van der Waals surface area contributed by atoms with Gasteiger partial charge in [-0.15, -0.1) is 0 Å². The predicted molar refractivity (Wildman–Crippen MR) is 113 cm³/mol. The summed E-state index contributed by atoms with van der Waals surface area (Å²) >= 11 is 0. The molecule has 0 amide bonds. The first-order valence-corrected chi connectivity index (χ1v) is 17.9. The first kappa shape index (κ1) is 32.3. The predicted octanol–water partition coefficient (Wildman–Crippen LogP) is -2.43. The Labute approximate surface area is 212 Å². The maximum atomic E-state index is 12.1. The minimum Gasteiger partial charge on any atom is -0.282 e. The molecule has 0 heterocycles. The van der Waals surface area contributed by atoms with Crippen molar-refractivity contribution in [3.63, 3.8) is 0 Å². The van der Waals surface area contributed by atoms with Gasteiger partial charge in [-0.05, 0) is 6.07 Å². The summed E-state index contributed by atoms with van der Waals surface area (Å²) in [5.41, 5.74) is 0. The van der Waals surface area contributed by atoms with Crippen LogP contribution >= 0.6 is 0 Å². The maximum absolute atomic E-state index is 12.1. The number of rotatable bonds is 7. The lowest BCUT2D eigenvalue weighted by atomic mass is 10.1. The molecule has 0 aliphatic carbocycles. The summed E-state index contributed by atoms with van der Waals surface area (Å²) in [6, 6.07) is -0.678. The highest BCUT2D eigenvalue weighted by atomic mass is 32.3. The lowest BCUT2D eigenvalue weighted by Gasteiger charge is -2.20. The average molecular weight is 689 g/mol. The van der Waals surface area contributed by atoms with E-state index in [1.54, 1.807) is 0 Å². The zero-order chi connectivity index (χ0) is 30.4. The Kier molecular flexibility index (Phi) is 7.46. The van der Waals surface area contributed by atoms with Gasteiger partial charge in [-0.3, -0.25) is 31.9 Å². The summed E-state index contributed by atoms with van der Waals surface area (Å²) in [5.74, 6) is 0. The zero-order valence-electron chi connectivity index (χ0n) is 16.8. The molecule has 0 fully saturated rings. The van der Waals surface area contributed by atoms with Crippen molar-refractivity contribution in [2.24, 2.45) is 0 Å². The minimum absolute atomic E-state index is 0.678. The van der Waals surface area contributed by atoms with Gasteiger partial charge in [0.15, 0.2) is 0 Å². The normalized spacial score (nSPS) is 14.6. The van der Waals surface area contributed by atoms with E-state index in [1.165, 1.54) is 0 Å². The van der Waals surface area contributed by atoms with Gasteiger partial charge in [0.1, 0.15) is 34.3 Å². The van der Waals surface area contributed by atoms with E-state index < -0.39 is 122 Å². The number of hydrogen-bond acceptors (Lipinski definition) is 14. The van der Waals surface area contributed by atoms with Crippen molar-refractivity contribution in [3.05, 3.63) is 6.07 Å². The summed E-state index contributed by atoms with van der Waals surface area (Å²) in [6.07, 6.45) is 0. The molecule has 0 saturated carbocycles. The molecule has 21 nitrogen and oxygen atoms in total. The second-order valence-electron chi connectivity index (χ2n) is 6.60. The van der Waals surface area contributed by atoms with Crippen LogP contribution in [0.4, 0.5) is 0 Å². The Bertz CT molecular complexity index is 2160. The summed E-state index contributed by atoms with van der Waals surface area (Å²) in [4.78, 5) is -19.5. The summed E-state index contributed by atoms with van der Waals surface area (Å²) in [5, 5.41) is -4.77. The van der Waals surface area contributed by atoms with E-state index in [4.69, 9.17) is 0 Å². The van der Waals surface area contributed by atoms with Crippen LogP contribution in [0.5, 0.6) is 0 Å². The van der Waals surface area contributed by atoms with Crippen LogP contribution in [0.3, 0.4) is 0 Å². The number of benzene rings is 2. The second kappa shape index (κ2) is 8.79.